The second-order valence-corrected chi connectivity index (χ2v) is 18.3. The zero-order valence-electron chi connectivity index (χ0n) is 33.5. The number of hydrogen-bond donors (Lipinski definition) is 2. The minimum absolute atomic E-state index is 0.179. The normalized spacial score (nSPS) is 14.4. The molecule has 16 nitrogen and oxygen atoms in total. The van der Waals surface area contributed by atoms with E-state index in [0.29, 0.717) is 55.2 Å². The molecule has 0 saturated carbocycles. The lowest BCUT2D eigenvalue weighted by Gasteiger charge is -2.30. The summed E-state index contributed by atoms with van der Waals surface area (Å²) in [6, 6.07) is 37.0. The molecule has 0 aromatic heterocycles. The Bertz CT molecular complexity index is 3590. The Morgan fingerprint density at radius 3 is 0.955 bits per heavy atom. The predicted molar refractivity (Wildman–Crippen MR) is 244 cm³/mol. The number of carbonyl (C=O) groups excluding carboxylic acids is 4. The summed E-state index contributed by atoms with van der Waals surface area (Å²) in [5.41, 5.74) is 2.86. The molecule has 320 valence electrons. The van der Waals surface area contributed by atoms with E-state index < -0.39 is 43.9 Å². The molecule has 18 heteroatoms. The summed E-state index contributed by atoms with van der Waals surface area (Å²) in [4.78, 5) is 58.6. The van der Waals surface area contributed by atoms with E-state index in [2.05, 4.69) is 20.5 Å². The average Bonchev–Trinajstić information content (AvgIpc) is 3.31. The summed E-state index contributed by atoms with van der Waals surface area (Å²) in [7, 11) is -8.87. The van der Waals surface area contributed by atoms with Gasteiger partial charge in [0.15, 0.2) is 0 Å². The van der Waals surface area contributed by atoms with E-state index >= 15 is 0 Å². The zero-order chi connectivity index (χ0) is 45.8. The van der Waals surface area contributed by atoms with Crippen molar-refractivity contribution in [3.05, 3.63) is 168 Å². The van der Waals surface area contributed by atoms with Crippen LogP contribution in [0.3, 0.4) is 0 Å². The Labute approximate surface area is 372 Å². The van der Waals surface area contributed by atoms with Crippen LogP contribution in [0.15, 0.2) is 176 Å². The fourth-order valence-corrected chi connectivity index (χ4v) is 9.76. The van der Waals surface area contributed by atoms with Gasteiger partial charge < -0.3 is 0 Å². The number of rotatable bonds is 8. The van der Waals surface area contributed by atoms with Gasteiger partial charge in [-0.3, -0.25) is 28.3 Å². The van der Waals surface area contributed by atoms with Crippen molar-refractivity contribution < 1.29 is 45.1 Å². The average molecular weight is 911 g/mol. The predicted octanol–water partition coefficient (Wildman–Crippen LogP) is 10.7. The summed E-state index contributed by atoms with van der Waals surface area (Å²) in [5.74, 6) is -2.16. The van der Waals surface area contributed by atoms with Gasteiger partial charge in [-0.25, -0.2) is 9.80 Å². The van der Waals surface area contributed by atoms with Crippen LogP contribution in [0.4, 0.5) is 34.1 Å². The second-order valence-electron chi connectivity index (χ2n) is 15.4. The number of azo groups is 2. The second kappa shape index (κ2) is 14.6. The summed E-state index contributed by atoms with van der Waals surface area (Å²) in [6.07, 6.45) is 0. The number of hydrogen-bond acceptors (Lipinski definition) is 12. The molecule has 2 heterocycles. The molecule has 2 aliphatic rings. The van der Waals surface area contributed by atoms with E-state index in [1.54, 1.807) is 72.8 Å². The van der Waals surface area contributed by atoms with E-state index in [9.17, 15) is 45.1 Å². The van der Waals surface area contributed by atoms with Crippen molar-refractivity contribution in [1.82, 2.24) is 0 Å². The zero-order valence-corrected chi connectivity index (χ0v) is 35.1. The van der Waals surface area contributed by atoms with Crippen molar-refractivity contribution in [3.8, 4) is 0 Å². The van der Waals surface area contributed by atoms with E-state index in [0.717, 1.165) is 43.5 Å². The third-order valence-corrected chi connectivity index (χ3v) is 13.3. The van der Waals surface area contributed by atoms with Crippen LogP contribution in [0.5, 0.6) is 0 Å². The van der Waals surface area contributed by atoms with Crippen molar-refractivity contribution in [2.75, 3.05) is 9.80 Å². The molecule has 0 aliphatic carbocycles. The monoisotopic (exact) mass is 910 g/mol. The third-order valence-electron chi connectivity index (χ3n) is 11.6. The minimum atomic E-state index is -4.43. The molecule has 2 aliphatic heterocycles. The van der Waals surface area contributed by atoms with Crippen LogP contribution in [0.2, 0.25) is 0 Å². The minimum Gasteiger partial charge on any atom is -0.282 e. The van der Waals surface area contributed by atoms with Gasteiger partial charge in [0.2, 0.25) is 0 Å². The van der Waals surface area contributed by atoms with E-state index in [-0.39, 0.29) is 32.5 Å². The number of nitrogens with zero attached hydrogens (tertiary/aromatic N) is 6. The van der Waals surface area contributed by atoms with Gasteiger partial charge in [0.05, 0.1) is 43.9 Å². The van der Waals surface area contributed by atoms with Crippen LogP contribution in [0.1, 0.15) is 41.4 Å². The number of fused-ring (bicyclic) bond motifs is 2. The highest BCUT2D eigenvalue weighted by atomic mass is 32.2. The van der Waals surface area contributed by atoms with Crippen molar-refractivity contribution >= 4 is 121 Å². The summed E-state index contributed by atoms with van der Waals surface area (Å²) in [5, 5.41) is 21.6. The van der Waals surface area contributed by atoms with Crippen LogP contribution in [0, 0.1) is 0 Å². The number of benzene rings is 9. The van der Waals surface area contributed by atoms with Crippen molar-refractivity contribution in [2.24, 2.45) is 20.5 Å². The number of imide groups is 2. The van der Waals surface area contributed by atoms with Crippen molar-refractivity contribution in [3.63, 3.8) is 0 Å². The maximum Gasteiger partial charge on any atom is 0.294 e. The van der Waals surface area contributed by atoms with Gasteiger partial charge in [0, 0.05) is 33.0 Å². The highest BCUT2D eigenvalue weighted by Crippen LogP contribution is 2.47. The van der Waals surface area contributed by atoms with Crippen molar-refractivity contribution in [1.29, 1.82) is 0 Å². The topological polar surface area (TPSA) is 233 Å². The van der Waals surface area contributed by atoms with Crippen LogP contribution in [-0.2, 0) is 20.2 Å². The van der Waals surface area contributed by atoms with Gasteiger partial charge in [-0.05, 0) is 142 Å². The first-order chi connectivity index (χ1) is 31.7. The fourth-order valence-electron chi connectivity index (χ4n) is 8.72. The first-order valence-electron chi connectivity index (χ1n) is 19.8. The Hall–Kier alpha value is -8.42. The summed E-state index contributed by atoms with van der Waals surface area (Å²) in [6.45, 7) is 0. The molecular formula is C48H26N6O10S2. The highest BCUT2D eigenvalue weighted by molar-refractivity contribution is 7.86. The first-order valence-corrected chi connectivity index (χ1v) is 22.7. The van der Waals surface area contributed by atoms with Gasteiger partial charge in [-0.1, -0.05) is 36.4 Å². The van der Waals surface area contributed by atoms with E-state index in [4.69, 9.17) is 0 Å². The quantitative estimate of drug-likeness (QED) is 0.0481. The lowest BCUT2D eigenvalue weighted by atomic mass is 9.82. The molecular weight excluding hydrogens is 885 g/mol. The highest BCUT2D eigenvalue weighted by Gasteiger charge is 2.38. The molecule has 2 N–H and O–H groups in total. The molecule has 9 aromatic carbocycles. The largest absolute Gasteiger partial charge is 0.294 e. The molecule has 66 heavy (non-hydrogen) atoms. The van der Waals surface area contributed by atoms with Crippen LogP contribution in [0.25, 0.3) is 43.1 Å². The van der Waals surface area contributed by atoms with E-state index in [1.165, 1.54) is 36.4 Å². The summed E-state index contributed by atoms with van der Waals surface area (Å²) >= 11 is 0. The maximum atomic E-state index is 14.3. The van der Waals surface area contributed by atoms with Gasteiger partial charge >= 0.3 is 0 Å². The Kier molecular flexibility index (Phi) is 8.90. The Balaban J connectivity index is 0.918. The smallest absolute Gasteiger partial charge is 0.282 e. The van der Waals surface area contributed by atoms with Crippen LogP contribution >= 0.6 is 0 Å². The summed E-state index contributed by atoms with van der Waals surface area (Å²) < 4.78 is 64.8. The van der Waals surface area contributed by atoms with Gasteiger partial charge in [-0.15, -0.1) is 0 Å². The Morgan fingerprint density at radius 2 is 0.652 bits per heavy atom. The van der Waals surface area contributed by atoms with Gasteiger partial charge in [-0.2, -0.15) is 37.3 Å². The van der Waals surface area contributed by atoms with E-state index in [1.807, 2.05) is 24.3 Å². The molecule has 0 radical (unpaired) electrons. The third kappa shape index (κ3) is 6.34. The maximum absolute atomic E-state index is 14.3. The number of amides is 4. The molecule has 0 saturated heterocycles. The standard InChI is InChI=1S/C48H26N6O10S2/c55-45-37-19-15-33-35-17-21-39-44-40(48(58)54(47(39)57)30-13-9-26(10-14-30)50-52-28-4-2-6-32(24-28)66(62,63)64)22-18-36(42(35)44)34-16-20-38(43(37)41(33)34)46(56)53(45)29-11-7-25(8-12-29)49-51-27-3-1-5-31(23-27)65(59,60)61/h1-24H,(H,59,60,61)(H,62,63,64). The van der Waals surface area contributed by atoms with Crippen LogP contribution < -0.4 is 9.80 Å². The molecule has 0 atom stereocenters. The van der Waals surface area contributed by atoms with Crippen molar-refractivity contribution in [2.45, 2.75) is 9.79 Å². The lowest BCUT2D eigenvalue weighted by Crippen LogP contribution is -2.40. The molecule has 0 unspecified atom stereocenters. The Morgan fingerprint density at radius 1 is 0.348 bits per heavy atom. The molecule has 11 rings (SSSR count). The van der Waals surface area contributed by atoms with Gasteiger partial charge in [0.25, 0.3) is 43.9 Å². The molecule has 0 spiro atoms. The molecule has 0 bridgehead atoms. The molecule has 4 amide bonds. The SMILES string of the molecule is O=C1c2ccc3c4ccc5c6c(ccc(c7ccc(c2c37)C(=O)N1c1ccc(N=Nc2cccc(S(=O)(=O)O)c2)cc1)c64)C(=O)N(c1ccc(N=Nc2cccc(S(=O)(=O)O)c2)cc1)C5=O. The van der Waals surface area contributed by atoms with Gasteiger partial charge in [0.1, 0.15) is 0 Å². The number of anilines is 2. The molecule has 9 aromatic rings. The van der Waals surface area contributed by atoms with Crippen LogP contribution in [-0.4, -0.2) is 49.6 Å². The molecule has 0 fully saturated rings. The fraction of sp³-hybridized carbons (Fsp3) is 0. The number of carbonyl (C=O) groups is 4. The lowest BCUT2D eigenvalue weighted by molar-refractivity contribution is 0.0877. The first kappa shape index (κ1) is 40.4.